The first-order valence-corrected chi connectivity index (χ1v) is 11.0. The van der Waals surface area contributed by atoms with Crippen molar-refractivity contribution in [2.24, 2.45) is 0 Å². The van der Waals surface area contributed by atoms with Crippen LogP contribution in [0.2, 0.25) is 5.02 Å². The Hall–Kier alpha value is -4.12. The van der Waals surface area contributed by atoms with E-state index in [1.807, 2.05) is 6.07 Å². The number of carbonyl (C=O) groups is 1. The monoisotopic (exact) mass is 473 g/mol. The number of aromatic nitrogens is 1. The lowest BCUT2D eigenvalue weighted by Crippen LogP contribution is -2.32. The first-order chi connectivity index (χ1) is 16.0. The van der Waals surface area contributed by atoms with E-state index in [9.17, 15) is 20.0 Å². The maximum atomic E-state index is 13.3. The minimum atomic E-state index is -0.653. The lowest BCUT2D eigenvalue weighted by atomic mass is 10.2. The second kappa shape index (κ2) is 9.57. The van der Waals surface area contributed by atoms with Gasteiger partial charge in [-0.25, -0.2) is 0 Å². The maximum Gasteiger partial charge on any atom is 0.273 e. The van der Waals surface area contributed by atoms with E-state index in [2.05, 4.69) is 5.32 Å². The molecule has 0 saturated heterocycles. The van der Waals surface area contributed by atoms with Gasteiger partial charge in [0, 0.05) is 16.3 Å². The molecule has 3 aromatic carbocycles. The molecule has 1 heterocycles. The zero-order chi connectivity index (χ0) is 23.4. The molecule has 162 valence electrons. The summed E-state index contributed by atoms with van der Waals surface area (Å²) < 4.78 is 1.78. The number of hydrogen-bond acceptors (Lipinski definition) is 5. The molecule has 2 N–H and O–H groups in total. The van der Waals surface area contributed by atoms with Gasteiger partial charge in [0.1, 0.15) is 16.5 Å². The lowest BCUT2D eigenvalue weighted by Gasteiger charge is -2.06. The van der Waals surface area contributed by atoms with Crippen LogP contribution in [0.5, 0.6) is 5.75 Å². The van der Waals surface area contributed by atoms with Crippen molar-refractivity contribution in [1.82, 2.24) is 4.57 Å². The molecule has 0 atom stereocenters. The molecular formula is C25H16ClN3O3S. The summed E-state index contributed by atoms with van der Waals surface area (Å²) in [6, 6.07) is 23.8. The van der Waals surface area contributed by atoms with Crippen molar-refractivity contribution in [3.8, 4) is 17.5 Å². The van der Waals surface area contributed by atoms with Gasteiger partial charge < -0.3 is 10.4 Å². The molecular weight excluding hydrogens is 458 g/mol. The molecule has 1 aromatic heterocycles. The third-order valence-corrected chi connectivity index (χ3v) is 6.06. The Morgan fingerprint density at radius 3 is 2.36 bits per heavy atom. The van der Waals surface area contributed by atoms with E-state index in [0.717, 1.165) is 11.3 Å². The zero-order valence-electron chi connectivity index (χ0n) is 17.0. The fraction of sp³-hybridized carbons (Fsp3) is 0. The van der Waals surface area contributed by atoms with E-state index in [4.69, 9.17) is 11.6 Å². The van der Waals surface area contributed by atoms with Crippen LogP contribution in [0.1, 0.15) is 5.56 Å². The van der Waals surface area contributed by atoms with Crippen LogP contribution >= 0.6 is 22.9 Å². The van der Waals surface area contributed by atoms with Crippen molar-refractivity contribution in [1.29, 1.82) is 5.26 Å². The number of nitrogens with zero attached hydrogens (tertiary/aromatic N) is 2. The predicted molar refractivity (Wildman–Crippen MR) is 130 cm³/mol. The zero-order valence-corrected chi connectivity index (χ0v) is 18.6. The van der Waals surface area contributed by atoms with Gasteiger partial charge in [-0.1, -0.05) is 48.0 Å². The summed E-state index contributed by atoms with van der Waals surface area (Å²) in [5.41, 5.74) is 0.803. The van der Waals surface area contributed by atoms with Gasteiger partial charge in [0.25, 0.3) is 11.5 Å². The molecule has 0 aliphatic carbocycles. The molecule has 0 fully saturated rings. The maximum absolute atomic E-state index is 13.3. The molecule has 8 heteroatoms. The fourth-order valence-corrected chi connectivity index (χ4v) is 4.35. The lowest BCUT2D eigenvalue weighted by molar-refractivity contribution is -0.111. The van der Waals surface area contributed by atoms with Gasteiger partial charge in [0.2, 0.25) is 0 Å². The number of rotatable bonds is 4. The number of phenolic OH excluding ortho intramolecular Hbond substituents is 1. The van der Waals surface area contributed by atoms with Gasteiger partial charge in [-0.05, 0) is 48.5 Å². The van der Waals surface area contributed by atoms with Crippen LogP contribution in [-0.4, -0.2) is 15.6 Å². The number of phenols is 1. The highest BCUT2D eigenvalue weighted by Gasteiger charge is 2.17. The molecule has 0 spiro atoms. The average Bonchev–Trinajstić information content (AvgIpc) is 3.13. The highest BCUT2D eigenvalue weighted by atomic mass is 35.5. The largest absolute Gasteiger partial charge is 0.507 e. The third-order valence-electron chi connectivity index (χ3n) is 4.72. The first-order valence-electron chi connectivity index (χ1n) is 9.76. The molecule has 4 rings (SSSR count). The highest BCUT2D eigenvalue weighted by Crippen LogP contribution is 2.16. The van der Waals surface area contributed by atoms with Gasteiger partial charge in [-0.3, -0.25) is 14.2 Å². The average molecular weight is 474 g/mol. The predicted octanol–water partition coefficient (Wildman–Crippen LogP) is 3.40. The SMILES string of the molecule is N#C/C(C(=O)Nc1ccc(Cl)cc1)=c1/s/c(=C\c2ccccc2O)c(=O)n1-c1ccccc1. The van der Waals surface area contributed by atoms with Gasteiger partial charge >= 0.3 is 0 Å². The Morgan fingerprint density at radius 2 is 1.70 bits per heavy atom. The van der Waals surface area contributed by atoms with Crippen molar-refractivity contribution in [3.63, 3.8) is 0 Å². The van der Waals surface area contributed by atoms with Crippen LogP contribution in [0.25, 0.3) is 17.3 Å². The van der Waals surface area contributed by atoms with Crippen molar-refractivity contribution >= 4 is 46.2 Å². The molecule has 6 nitrogen and oxygen atoms in total. The van der Waals surface area contributed by atoms with E-state index in [0.29, 0.717) is 22.0 Å². The fourth-order valence-electron chi connectivity index (χ4n) is 3.13. The van der Waals surface area contributed by atoms with E-state index < -0.39 is 11.5 Å². The van der Waals surface area contributed by atoms with Crippen LogP contribution < -0.4 is 20.1 Å². The Bertz CT molecular complexity index is 1550. The van der Waals surface area contributed by atoms with Gasteiger partial charge in [0.05, 0.1) is 10.2 Å². The number of carbonyl (C=O) groups excluding carboxylic acids is 1. The van der Waals surface area contributed by atoms with E-state index in [1.165, 1.54) is 16.7 Å². The molecule has 0 unspecified atom stereocenters. The van der Waals surface area contributed by atoms with Crippen LogP contribution in [0, 0.1) is 11.3 Å². The first kappa shape index (κ1) is 22.1. The standard InChI is InChI=1S/C25H16ClN3O3S/c26-17-10-12-18(13-11-17)28-23(31)20(15-27)25-29(19-7-2-1-3-8-19)24(32)22(33-25)14-16-6-4-5-9-21(16)30/h1-14,30H,(H,28,31)/b22-14-,25-20-. The van der Waals surface area contributed by atoms with Crippen LogP contribution in [-0.2, 0) is 4.79 Å². The number of nitriles is 1. The second-order valence-electron chi connectivity index (χ2n) is 6.90. The van der Waals surface area contributed by atoms with Crippen LogP contribution in [0.3, 0.4) is 0 Å². The molecule has 4 aromatic rings. The number of nitrogens with one attached hydrogen (secondary N) is 1. The number of anilines is 1. The number of thiazole rings is 1. The number of amides is 1. The summed E-state index contributed by atoms with van der Waals surface area (Å²) in [7, 11) is 0. The number of hydrogen-bond donors (Lipinski definition) is 2. The summed E-state index contributed by atoms with van der Waals surface area (Å²) in [5, 5.41) is 23.1. The van der Waals surface area contributed by atoms with Crippen LogP contribution in [0.15, 0.2) is 83.7 Å². The number of aromatic hydroxyl groups is 1. The Kier molecular flexibility index (Phi) is 6.41. The number of benzene rings is 3. The van der Waals surface area contributed by atoms with E-state index in [-0.39, 0.29) is 20.5 Å². The smallest absolute Gasteiger partial charge is 0.273 e. The molecule has 0 saturated carbocycles. The van der Waals surface area contributed by atoms with Crippen molar-refractivity contribution in [3.05, 3.63) is 109 Å². The minimum absolute atomic E-state index is 0.0167. The highest BCUT2D eigenvalue weighted by molar-refractivity contribution is 7.07. The Morgan fingerprint density at radius 1 is 1.03 bits per heavy atom. The Labute approximate surface area is 197 Å². The minimum Gasteiger partial charge on any atom is -0.507 e. The van der Waals surface area contributed by atoms with Crippen molar-refractivity contribution in [2.45, 2.75) is 0 Å². The molecule has 0 radical (unpaired) electrons. The number of para-hydroxylation sites is 2. The van der Waals surface area contributed by atoms with Crippen molar-refractivity contribution in [2.75, 3.05) is 5.32 Å². The summed E-state index contributed by atoms with van der Waals surface area (Å²) in [6.07, 6.45) is 1.54. The quantitative estimate of drug-likeness (QED) is 0.475. The number of halogens is 1. The van der Waals surface area contributed by atoms with E-state index >= 15 is 0 Å². The summed E-state index contributed by atoms with van der Waals surface area (Å²) in [4.78, 5) is 26.3. The van der Waals surface area contributed by atoms with Gasteiger partial charge in [-0.15, -0.1) is 11.3 Å². The normalized spacial score (nSPS) is 12.2. The summed E-state index contributed by atoms with van der Waals surface area (Å²) in [5.74, 6) is -0.636. The molecule has 0 bridgehead atoms. The topological polar surface area (TPSA) is 95.1 Å². The molecule has 0 aliphatic rings. The summed E-state index contributed by atoms with van der Waals surface area (Å²) in [6.45, 7) is 0. The molecule has 33 heavy (non-hydrogen) atoms. The van der Waals surface area contributed by atoms with Gasteiger partial charge in [-0.2, -0.15) is 5.26 Å². The summed E-state index contributed by atoms with van der Waals surface area (Å²) >= 11 is 6.89. The van der Waals surface area contributed by atoms with Gasteiger partial charge in [0.15, 0.2) is 5.57 Å². The Balaban J connectivity index is 1.95. The third kappa shape index (κ3) is 4.72. The second-order valence-corrected chi connectivity index (χ2v) is 8.37. The van der Waals surface area contributed by atoms with Crippen LogP contribution in [0.4, 0.5) is 5.69 Å². The van der Waals surface area contributed by atoms with E-state index in [1.54, 1.807) is 72.8 Å². The molecule has 1 amide bonds. The molecule has 0 aliphatic heterocycles. The van der Waals surface area contributed by atoms with Crippen molar-refractivity contribution < 1.29 is 9.90 Å².